The Kier molecular flexibility index (Phi) is 8.34. The van der Waals surface area contributed by atoms with Crippen LogP contribution >= 0.6 is 0 Å². The van der Waals surface area contributed by atoms with Crippen LogP contribution in [-0.4, -0.2) is 44.8 Å². The Balaban J connectivity index is 1.84. The predicted molar refractivity (Wildman–Crippen MR) is 127 cm³/mol. The quantitative estimate of drug-likeness (QED) is 0.254. The Bertz CT molecular complexity index is 1070. The number of halogens is 2. The van der Waals surface area contributed by atoms with Gasteiger partial charge in [-0.2, -0.15) is 14.0 Å². The molecule has 0 unspecified atom stereocenters. The molecule has 174 valence electrons. The van der Waals surface area contributed by atoms with Gasteiger partial charge in [0.25, 0.3) is 0 Å². The molecule has 0 aliphatic carbocycles. The lowest BCUT2D eigenvalue weighted by Gasteiger charge is -2.15. The molecular weight excluding hydrogens is 424 g/mol. The second kappa shape index (κ2) is 11.4. The molecule has 3 rings (SSSR count). The topological polar surface area (TPSA) is 105 Å². The van der Waals surface area contributed by atoms with Crippen LogP contribution in [0.5, 0.6) is 0 Å². The lowest BCUT2D eigenvalue weighted by Crippen LogP contribution is -2.36. The molecule has 0 aliphatic rings. The van der Waals surface area contributed by atoms with Gasteiger partial charge in [-0.05, 0) is 34.7 Å². The first-order valence-electron chi connectivity index (χ1n) is 11.1. The maximum Gasteiger partial charge on any atom is 0.304 e. The first kappa shape index (κ1) is 24.2. The predicted octanol–water partition coefficient (Wildman–Crippen LogP) is 5.07. The van der Waals surface area contributed by atoms with Gasteiger partial charge in [-0.1, -0.05) is 68.8 Å². The van der Waals surface area contributed by atoms with Gasteiger partial charge < -0.3 is 5.73 Å². The van der Waals surface area contributed by atoms with Gasteiger partial charge in [-0.25, -0.2) is 4.99 Å². The smallest absolute Gasteiger partial charge is 0.304 e. The van der Waals surface area contributed by atoms with E-state index in [0.29, 0.717) is 31.0 Å². The molecule has 0 atom stereocenters. The third kappa shape index (κ3) is 6.50. The van der Waals surface area contributed by atoms with Gasteiger partial charge in [-0.15, -0.1) is 10.2 Å². The van der Waals surface area contributed by atoms with Gasteiger partial charge in [0.2, 0.25) is 5.82 Å². The molecule has 0 amide bonds. The highest BCUT2D eigenvalue weighted by molar-refractivity contribution is 6.00. The zero-order valence-corrected chi connectivity index (χ0v) is 18.9. The van der Waals surface area contributed by atoms with Crippen molar-refractivity contribution in [2.45, 2.75) is 51.9 Å². The first-order chi connectivity index (χ1) is 15.9. The molecule has 1 aromatic heterocycles. The number of amidine groups is 2. The van der Waals surface area contributed by atoms with Crippen molar-refractivity contribution in [3.63, 3.8) is 0 Å². The second-order valence-electron chi connectivity index (χ2n) is 7.76. The first-order valence-corrected chi connectivity index (χ1v) is 11.1. The molecule has 3 aromatic rings. The molecule has 7 nitrogen and oxygen atoms in total. The van der Waals surface area contributed by atoms with Gasteiger partial charge in [-0.3, -0.25) is 4.99 Å². The van der Waals surface area contributed by atoms with E-state index < -0.39 is 11.8 Å². The number of H-pyrrole nitrogens is 1. The average Bonchev–Trinajstić information content (AvgIpc) is 3.34. The van der Waals surface area contributed by atoms with Crippen LogP contribution in [0.25, 0.3) is 22.5 Å². The molecule has 0 saturated carbocycles. The molecule has 33 heavy (non-hydrogen) atoms. The lowest BCUT2D eigenvalue weighted by molar-refractivity contribution is 0.0660. The maximum absolute atomic E-state index is 14.2. The number of aliphatic imine (C=N–C) groups is 2. The molecule has 0 radical (unpaired) electrons. The monoisotopic (exact) mass is 453 g/mol. The Morgan fingerprint density at radius 1 is 1.03 bits per heavy atom. The molecule has 0 bridgehead atoms. The number of hydrogen-bond acceptors (Lipinski definition) is 4. The summed E-state index contributed by atoms with van der Waals surface area (Å²) in [5.41, 5.74) is 9.36. The zero-order chi connectivity index (χ0) is 23.7. The molecule has 1 heterocycles. The van der Waals surface area contributed by atoms with E-state index in [1.165, 1.54) is 0 Å². The van der Waals surface area contributed by atoms with E-state index in [-0.39, 0.29) is 6.42 Å². The summed E-state index contributed by atoms with van der Waals surface area (Å²) >= 11 is 0. The van der Waals surface area contributed by atoms with Crippen molar-refractivity contribution in [1.82, 2.24) is 20.6 Å². The van der Waals surface area contributed by atoms with Crippen molar-refractivity contribution in [2.75, 3.05) is 6.54 Å². The van der Waals surface area contributed by atoms with E-state index in [4.69, 9.17) is 5.73 Å². The maximum atomic E-state index is 14.2. The zero-order valence-electron chi connectivity index (χ0n) is 18.9. The summed E-state index contributed by atoms with van der Waals surface area (Å²) in [5.74, 6) is -2.98. The van der Waals surface area contributed by atoms with Crippen molar-refractivity contribution in [1.29, 1.82) is 0 Å². The number of nitrogens with one attached hydrogen (secondary N) is 1. The van der Waals surface area contributed by atoms with Gasteiger partial charge in [0.15, 0.2) is 5.84 Å². The number of unbranched alkanes of at least 4 members (excludes halogenated alkanes) is 1. The Labute approximate surface area is 192 Å². The molecule has 9 heteroatoms. The summed E-state index contributed by atoms with van der Waals surface area (Å²) in [6, 6.07) is 15.6. The van der Waals surface area contributed by atoms with E-state index in [9.17, 15) is 8.78 Å². The number of rotatable bonds is 10. The van der Waals surface area contributed by atoms with E-state index in [2.05, 4.69) is 30.6 Å². The van der Waals surface area contributed by atoms with Crippen LogP contribution in [0.3, 0.4) is 0 Å². The number of hydrogen-bond donors (Lipinski definition) is 2. The number of benzene rings is 2. The minimum absolute atomic E-state index is 0.316. The summed E-state index contributed by atoms with van der Waals surface area (Å²) in [5, 5.41) is 14.3. The lowest BCUT2D eigenvalue weighted by atomic mass is 9.97. The number of nitrogens with zero attached hydrogens (tertiary/aromatic N) is 5. The van der Waals surface area contributed by atoms with Gasteiger partial charge in [0, 0.05) is 24.9 Å². The van der Waals surface area contributed by atoms with Crippen molar-refractivity contribution in [3.8, 4) is 22.5 Å². The fourth-order valence-corrected chi connectivity index (χ4v) is 3.35. The van der Waals surface area contributed by atoms with Crippen LogP contribution in [0, 0.1) is 0 Å². The summed E-state index contributed by atoms with van der Waals surface area (Å²) in [7, 11) is 0. The molecule has 3 N–H and O–H groups in total. The van der Waals surface area contributed by atoms with Gasteiger partial charge in [0.1, 0.15) is 5.84 Å². The molecular formula is C24H29F2N7. The van der Waals surface area contributed by atoms with Crippen LogP contribution in [0.1, 0.15) is 45.1 Å². The third-order valence-corrected chi connectivity index (χ3v) is 5.13. The highest BCUT2D eigenvalue weighted by atomic mass is 19.3. The summed E-state index contributed by atoms with van der Waals surface area (Å²) < 4.78 is 28.3. The largest absolute Gasteiger partial charge is 0.382 e. The number of aromatic nitrogens is 4. The average molecular weight is 454 g/mol. The second-order valence-corrected chi connectivity index (χ2v) is 7.76. The minimum atomic E-state index is -3.14. The highest BCUT2D eigenvalue weighted by Gasteiger charge is 2.33. The molecule has 0 saturated heterocycles. The van der Waals surface area contributed by atoms with Crippen LogP contribution in [-0.2, 0) is 6.42 Å². The van der Waals surface area contributed by atoms with Crippen molar-refractivity contribution in [3.05, 3.63) is 54.1 Å². The molecule has 0 spiro atoms. The van der Waals surface area contributed by atoms with E-state index in [1.54, 1.807) is 6.92 Å². The number of nitrogens with two attached hydrogens (primary N) is 1. The standard InChI is InChI=1S/C24H29F2N7/c1-3-5-15-28-21(29-23(27)24(25,26)14-4-2)16-17-10-12-18(13-11-17)19-8-6-7-9-20(19)22-30-32-33-31-22/h6-13H,3-5,14-16H2,1-2H3,(H2,27,28,29)(H,30,31,32,33). The molecule has 2 aromatic carbocycles. The van der Waals surface area contributed by atoms with Gasteiger partial charge >= 0.3 is 5.92 Å². The summed E-state index contributed by atoms with van der Waals surface area (Å²) in [4.78, 5) is 8.47. The van der Waals surface area contributed by atoms with E-state index in [1.807, 2.05) is 55.5 Å². The number of aromatic amines is 1. The van der Waals surface area contributed by atoms with Crippen LogP contribution < -0.4 is 5.73 Å². The fourth-order valence-electron chi connectivity index (χ4n) is 3.35. The minimum Gasteiger partial charge on any atom is -0.382 e. The number of tetrazole rings is 1. The third-order valence-electron chi connectivity index (χ3n) is 5.13. The van der Waals surface area contributed by atoms with Crippen LogP contribution in [0.4, 0.5) is 8.78 Å². The van der Waals surface area contributed by atoms with Crippen molar-refractivity contribution in [2.24, 2.45) is 15.7 Å². The van der Waals surface area contributed by atoms with E-state index in [0.717, 1.165) is 35.1 Å². The van der Waals surface area contributed by atoms with Crippen molar-refractivity contribution >= 4 is 11.7 Å². The van der Waals surface area contributed by atoms with Crippen molar-refractivity contribution < 1.29 is 8.78 Å². The summed E-state index contributed by atoms with van der Waals surface area (Å²) in [6.07, 6.45) is 2.11. The normalized spacial score (nSPS) is 12.8. The molecule has 0 aliphatic heterocycles. The Hall–Kier alpha value is -3.49. The Morgan fingerprint density at radius 3 is 2.39 bits per heavy atom. The SMILES string of the molecule is CCCCN=C(Cc1ccc(-c2ccccc2-c2nn[nH]n2)cc1)N=C(N)C(F)(F)CCC. The number of alkyl halides is 2. The molecule has 0 fully saturated rings. The van der Waals surface area contributed by atoms with Gasteiger partial charge in [0.05, 0.1) is 0 Å². The highest BCUT2D eigenvalue weighted by Crippen LogP contribution is 2.30. The van der Waals surface area contributed by atoms with Crippen LogP contribution in [0.2, 0.25) is 0 Å². The summed E-state index contributed by atoms with van der Waals surface area (Å²) in [6.45, 7) is 4.27. The van der Waals surface area contributed by atoms with E-state index >= 15 is 0 Å². The fraction of sp³-hybridized carbons (Fsp3) is 0.375. The Morgan fingerprint density at radius 2 is 1.76 bits per heavy atom. The van der Waals surface area contributed by atoms with Crippen LogP contribution in [0.15, 0.2) is 58.5 Å².